The van der Waals surface area contributed by atoms with Gasteiger partial charge in [0.2, 0.25) is 0 Å². The highest BCUT2D eigenvalue weighted by atomic mass is 15.2. The number of nitrogens with one attached hydrogen (secondary N) is 1. The molecule has 2 saturated heterocycles. The average molecular weight is 232 g/mol. The molecule has 2 atom stereocenters. The van der Waals surface area contributed by atoms with Crippen LogP contribution in [0.5, 0.6) is 0 Å². The lowest BCUT2D eigenvalue weighted by Crippen LogP contribution is -2.44. The monoisotopic (exact) mass is 232 g/mol. The summed E-state index contributed by atoms with van der Waals surface area (Å²) in [6, 6.07) is 1.43. The molecule has 2 fully saturated rings. The zero-order chi connectivity index (χ0) is 11.5. The van der Waals surface area contributed by atoms with Crippen molar-refractivity contribution in [1.29, 1.82) is 0 Å². The predicted molar refractivity (Wildman–Crippen MR) is 66.5 cm³/mol. The summed E-state index contributed by atoms with van der Waals surface area (Å²) in [5.74, 6) is 0. The quantitative estimate of drug-likeness (QED) is 0.850. The molecule has 17 heavy (non-hydrogen) atoms. The SMILES string of the molecule is c1ncc(CNC2CCN3CCCCC23)cn1. The van der Waals surface area contributed by atoms with Crippen LogP contribution in [0.4, 0.5) is 0 Å². The molecule has 0 aliphatic carbocycles. The number of rotatable bonds is 3. The van der Waals surface area contributed by atoms with Crippen molar-refractivity contribution in [2.75, 3.05) is 13.1 Å². The van der Waals surface area contributed by atoms with Gasteiger partial charge in [-0.05, 0) is 25.8 Å². The summed E-state index contributed by atoms with van der Waals surface area (Å²) in [6.45, 7) is 3.47. The van der Waals surface area contributed by atoms with Crippen LogP contribution in [0.15, 0.2) is 18.7 Å². The van der Waals surface area contributed by atoms with Gasteiger partial charge in [0.15, 0.2) is 0 Å². The molecule has 2 aliphatic heterocycles. The van der Waals surface area contributed by atoms with E-state index in [0.717, 1.165) is 12.6 Å². The van der Waals surface area contributed by atoms with E-state index < -0.39 is 0 Å². The van der Waals surface area contributed by atoms with Crippen molar-refractivity contribution in [2.24, 2.45) is 0 Å². The largest absolute Gasteiger partial charge is 0.308 e. The Kier molecular flexibility index (Phi) is 3.34. The molecule has 0 radical (unpaired) electrons. The molecule has 0 bridgehead atoms. The van der Waals surface area contributed by atoms with E-state index in [2.05, 4.69) is 20.2 Å². The Labute approximate surface area is 102 Å². The third-order valence-corrected chi connectivity index (χ3v) is 4.04. The topological polar surface area (TPSA) is 41.1 Å². The highest BCUT2D eigenvalue weighted by Crippen LogP contribution is 2.27. The molecule has 1 N–H and O–H groups in total. The van der Waals surface area contributed by atoms with E-state index in [1.165, 1.54) is 44.3 Å². The van der Waals surface area contributed by atoms with Gasteiger partial charge in [0.05, 0.1) is 0 Å². The third-order valence-electron chi connectivity index (χ3n) is 4.04. The minimum absolute atomic E-state index is 0.663. The first-order chi connectivity index (χ1) is 8.43. The Hall–Kier alpha value is -1.00. The molecule has 0 saturated carbocycles. The first-order valence-electron chi connectivity index (χ1n) is 6.65. The van der Waals surface area contributed by atoms with Crippen LogP contribution in [0.1, 0.15) is 31.2 Å². The van der Waals surface area contributed by atoms with Crippen molar-refractivity contribution in [2.45, 2.75) is 44.3 Å². The van der Waals surface area contributed by atoms with E-state index >= 15 is 0 Å². The summed E-state index contributed by atoms with van der Waals surface area (Å²) < 4.78 is 0. The second kappa shape index (κ2) is 5.10. The molecule has 3 heterocycles. The molecular formula is C13H20N4. The van der Waals surface area contributed by atoms with Crippen molar-refractivity contribution in [1.82, 2.24) is 20.2 Å². The fourth-order valence-corrected chi connectivity index (χ4v) is 3.16. The maximum Gasteiger partial charge on any atom is 0.115 e. The number of hydrogen-bond acceptors (Lipinski definition) is 4. The van der Waals surface area contributed by atoms with Crippen molar-refractivity contribution in [3.05, 3.63) is 24.3 Å². The van der Waals surface area contributed by atoms with E-state index in [4.69, 9.17) is 0 Å². The maximum atomic E-state index is 4.05. The Morgan fingerprint density at radius 2 is 2.06 bits per heavy atom. The van der Waals surface area contributed by atoms with E-state index in [9.17, 15) is 0 Å². The number of hydrogen-bond donors (Lipinski definition) is 1. The normalized spacial score (nSPS) is 29.2. The van der Waals surface area contributed by atoms with E-state index in [1.54, 1.807) is 6.33 Å². The Morgan fingerprint density at radius 1 is 1.18 bits per heavy atom. The van der Waals surface area contributed by atoms with Gasteiger partial charge >= 0.3 is 0 Å². The Morgan fingerprint density at radius 3 is 2.94 bits per heavy atom. The lowest BCUT2D eigenvalue weighted by Gasteiger charge is -2.32. The van der Waals surface area contributed by atoms with Crippen LogP contribution >= 0.6 is 0 Å². The van der Waals surface area contributed by atoms with Crippen LogP contribution in [0, 0.1) is 0 Å². The predicted octanol–water partition coefficient (Wildman–Crippen LogP) is 1.19. The zero-order valence-electron chi connectivity index (χ0n) is 10.2. The summed E-state index contributed by atoms with van der Waals surface area (Å²) in [5.41, 5.74) is 1.18. The van der Waals surface area contributed by atoms with Crippen molar-refractivity contribution in [3.8, 4) is 0 Å². The summed E-state index contributed by atoms with van der Waals surface area (Å²) in [6.07, 6.45) is 10.8. The smallest absolute Gasteiger partial charge is 0.115 e. The minimum atomic E-state index is 0.663. The molecular weight excluding hydrogens is 212 g/mol. The van der Waals surface area contributed by atoms with Crippen LogP contribution in [0.3, 0.4) is 0 Å². The summed E-state index contributed by atoms with van der Waals surface area (Å²) in [5, 5.41) is 3.68. The van der Waals surface area contributed by atoms with Gasteiger partial charge in [0.1, 0.15) is 6.33 Å². The van der Waals surface area contributed by atoms with Crippen molar-refractivity contribution < 1.29 is 0 Å². The second-order valence-electron chi connectivity index (χ2n) is 5.12. The highest BCUT2D eigenvalue weighted by Gasteiger charge is 2.34. The zero-order valence-corrected chi connectivity index (χ0v) is 10.2. The molecule has 92 valence electrons. The van der Waals surface area contributed by atoms with Gasteiger partial charge in [0, 0.05) is 43.1 Å². The molecule has 0 spiro atoms. The lowest BCUT2D eigenvalue weighted by atomic mass is 9.99. The first kappa shape index (κ1) is 11.1. The van der Waals surface area contributed by atoms with Gasteiger partial charge in [0.25, 0.3) is 0 Å². The average Bonchev–Trinajstić information content (AvgIpc) is 2.81. The van der Waals surface area contributed by atoms with Gasteiger partial charge in [-0.3, -0.25) is 4.90 Å². The fraction of sp³-hybridized carbons (Fsp3) is 0.692. The molecule has 0 aromatic carbocycles. The second-order valence-corrected chi connectivity index (χ2v) is 5.12. The van der Waals surface area contributed by atoms with Crippen LogP contribution in [-0.2, 0) is 6.54 Å². The van der Waals surface area contributed by atoms with Gasteiger partial charge < -0.3 is 5.32 Å². The van der Waals surface area contributed by atoms with Crippen molar-refractivity contribution in [3.63, 3.8) is 0 Å². The van der Waals surface area contributed by atoms with E-state index in [1.807, 2.05) is 12.4 Å². The van der Waals surface area contributed by atoms with Gasteiger partial charge in [-0.1, -0.05) is 6.42 Å². The highest BCUT2D eigenvalue weighted by molar-refractivity contribution is 5.03. The number of fused-ring (bicyclic) bond motifs is 1. The third kappa shape index (κ3) is 2.48. The summed E-state index contributed by atoms with van der Waals surface area (Å²) >= 11 is 0. The Balaban J connectivity index is 1.55. The molecule has 4 heteroatoms. The minimum Gasteiger partial charge on any atom is -0.308 e. The molecule has 4 nitrogen and oxygen atoms in total. The molecule has 1 aromatic heterocycles. The first-order valence-corrected chi connectivity index (χ1v) is 6.65. The number of piperidine rings is 1. The fourth-order valence-electron chi connectivity index (χ4n) is 3.16. The van der Waals surface area contributed by atoms with Gasteiger partial charge in [-0.15, -0.1) is 0 Å². The number of aromatic nitrogens is 2. The molecule has 2 aliphatic rings. The van der Waals surface area contributed by atoms with Gasteiger partial charge in [-0.2, -0.15) is 0 Å². The molecule has 3 rings (SSSR count). The maximum absolute atomic E-state index is 4.05. The summed E-state index contributed by atoms with van der Waals surface area (Å²) in [4.78, 5) is 10.8. The van der Waals surface area contributed by atoms with E-state index in [0.29, 0.717) is 6.04 Å². The standard InChI is InChI=1S/C13H20N4/c1-2-5-17-6-4-12(13(17)3-1)16-9-11-7-14-10-15-8-11/h7-8,10,12-13,16H,1-6,9H2. The van der Waals surface area contributed by atoms with Crippen LogP contribution in [0.2, 0.25) is 0 Å². The van der Waals surface area contributed by atoms with Crippen molar-refractivity contribution >= 4 is 0 Å². The summed E-state index contributed by atoms with van der Waals surface area (Å²) in [7, 11) is 0. The van der Waals surface area contributed by atoms with E-state index in [-0.39, 0.29) is 0 Å². The molecule has 0 amide bonds. The van der Waals surface area contributed by atoms with Gasteiger partial charge in [-0.25, -0.2) is 9.97 Å². The lowest BCUT2D eigenvalue weighted by molar-refractivity contribution is 0.180. The molecule has 2 unspecified atom stereocenters. The number of nitrogens with zero attached hydrogens (tertiary/aromatic N) is 3. The molecule has 1 aromatic rings. The van der Waals surface area contributed by atoms with Crippen LogP contribution in [0.25, 0.3) is 0 Å². The van der Waals surface area contributed by atoms with Crippen LogP contribution < -0.4 is 5.32 Å². The van der Waals surface area contributed by atoms with Crippen LogP contribution in [-0.4, -0.2) is 40.0 Å². The Bertz CT molecular complexity index is 354.